The Kier molecular flexibility index (Phi) is 3.52. The first-order chi connectivity index (χ1) is 6.56. The molecule has 0 aromatic rings. The summed E-state index contributed by atoms with van der Waals surface area (Å²) in [4.78, 5) is 24.1. The number of likely N-dealkylation sites (tertiary alicyclic amines) is 1. The second kappa shape index (κ2) is 4.46. The highest BCUT2D eigenvalue weighted by Crippen LogP contribution is 2.17. The van der Waals surface area contributed by atoms with Crippen LogP contribution < -0.4 is 5.73 Å². The van der Waals surface area contributed by atoms with Crippen molar-refractivity contribution in [2.45, 2.75) is 25.4 Å². The van der Waals surface area contributed by atoms with E-state index in [4.69, 9.17) is 10.5 Å². The highest BCUT2D eigenvalue weighted by Gasteiger charge is 2.37. The summed E-state index contributed by atoms with van der Waals surface area (Å²) in [6, 6.07) is -0.601. The Morgan fingerprint density at radius 2 is 2.29 bits per heavy atom. The number of esters is 1. The lowest BCUT2D eigenvalue weighted by atomic mass is 10.1. The summed E-state index contributed by atoms with van der Waals surface area (Å²) in [5.41, 5.74) is 5.69. The van der Waals surface area contributed by atoms with Crippen molar-refractivity contribution in [1.82, 2.24) is 4.90 Å². The molecule has 1 aliphatic heterocycles. The van der Waals surface area contributed by atoms with Crippen LogP contribution in [0.15, 0.2) is 0 Å². The zero-order chi connectivity index (χ0) is 10.7. The molecular weight excluding hydrogens is 183 g/mol. The van der Waals surface area contributed by atoms with Crippen LogP contribution in [0.4, 0.5) is 4.79 Å². The minimum Gasteiger partial charge on any atom is -0.464 e. The third kappa shape index (κ3) is 2.26. The fraction of sp³-hybridized carbons (Fsp3) is 0.750. The van der Waals surface area contributed by atoms with Crippen molar-refractivity contribution in [3.8, 4) is 0 Å². The Balaban J connectivity index is 2.66. The molecule has 1 amide bonds. The van der Waals surface area contributed by atoms with E-state index >= 15 is 0 Å². The zero-order valence-corrected chi connectivity index (χ0v) is 8.53. The van der Waals surface area contributed by atoms with Gasteiger partial charge in [-0.2, -0.15) is 0 Å². The van der Waals surface area contributed by atoms with E-state index in [-0.39, 0.29) is 17.8 Å². The van der Waals surface area contributed by atoms with Gasteiger partial charge in [0.1, 0.15) is 6.04 Å². The molecule has 14 heavy (non-hydrogen) atoms. The lowest BCUT2D eigenvalue weighted by molar-refractivity contribution is -0.147. The Bertz CT molecular complexity index is 247. The molecule has 2 N–H and O–H groups in total. The van der Waals surface area contributed by atoms with E-state index in [9.17, 15) is 9.59 Å². The zero-order valence-electron chi connectivity index (χ0n) is 8.53. The molecule has 5 nitrogen and oxygen atoms in total. The first-order valence-electron chi connectivity index (χ1n) is 4.75. The molecule has 78 valence electrons. The van der Waals surface area contributed by atoms with E-state index in [2.05, 4.69) is 0 Å². The fourth-order valence-corrected chi connectivity index (χ4v) is 1.68. The van der Waals surface area contributed by atoms with Gasteiger partial charge in [0.2, 0.25) is 7.85 Å². The van der Waals surface area contributed by atoms with Gasteiger partial charge in [0, 0.05) is 12.6 Å². The molecular formula is C8H15BN2O3. The van der Waals surface area contributed by atoms with Crippen molar-refractivity contribution >= 4 is 19.6 Å². The number of carbonyl (C=O) groups excluding carboxylic acids is 2. The molecule has 1 rings (SSSR count). The maximum atomic E-state index is 11.4. The van der Waals surface area contributed by atoms with Crippen molar-refractivity contribution in [3.05, 3.63) is 0 Å². The molecule has 1 heterocycles. The molecule has 1 fully saturated rings. The number of rotatable bonds is 2. The quantitative estimate of drug-likeness (QED) is 0.442. The first kappa shape index (κ1) is 11.0. The van der Waals surface area contributed by atoms with E-state index in [1.807, 2.05) is 0 Å². The van der Waals surface area contributed by atoms with E-state index in [1.165, 1.54) is 12.7 Å². The smallest absolute Gasteiger partial charge is 0.328 e. The van der Waals surface area contributed by atoms with Crippen molar-refractivity contribution in [1.29, 1.82) is 0 Å². The van der Waals surface area contributed by atoms with Gasteiger partial charge in [-0.05, 0) is 13.3 Å². The van der Waals surface area contributed by atoms with Crippen LogP contribution in [0.25, 0.3) is 0 Å². The molecule has 0 bridgehead atoms. The SMILES string of the molecule is BC(=O)N1C[C@H](N)C[C@H]1C(=O)OCC. The van der Waals surface area contributed by atoms with Crippen LogP contribution in [0.2, 0.25) is 0 Å². The molecule has 0 aliphatic carbocycles. The predicted octanol–water partition coefficient (Wildman–Crippen LogP) is -1.30. The van der Waals surface area contributed by atoms with Crippen LogP contribution in [-0.4, -0.2) is 49.8 Å². The van der Waals surface area contributed by atoms with E-state index in [0.717, 1.165) is 0 Å². The molecule has 0 aromatic carbocycles. The number of nitrogens with zero attached hydrogens (tertiary/aromatic N) is 1. The number of carbonyl (C=O) groups is 2. The number of amides is 1. The third-order valence-corrected chi connectivity index (χ3v) is 2.30. The minimum absolute atomic E-state index is 0.117. The topological polar surface area (TPSA) is 72.6 Å². The van der Waals surface area contributed by atoms with E-state index in [0.29, 0.717) is 19.6 Å². The van der Waals surface area contributed by atoms with Gasteiger partial charge in [-0.15, -0.1) is 0 Å². The summed E-state index contributed by atoms with van der Waals surface area (Å²) < 4.78 is 4.87. The van der Waals surface area contributed by atoms with Gasteiger partial charge >= 0.3 is 5.97 Å². The molecule has 1 aliphatic rings. The largest absolute Gasteiger partial charge is 0.464 e. The summed E-state index contributed by atoms with van der Waals surface area (Å²) >= 11 is 0. The summed E-state index contributed by atoms with van der Waals surface area (Å²) in [7, 11) is 1.43. The second-order valence-electron chi connectivity index (χ2n) is 3.44. The average Bonchev–Trinajstić information content (AvgIpc) is 2.48. The monoisotopic (exact) mass is 198 g/mol. The van der Waals surface area contributed by atoms with Gasteiger partial charge < -0.3 is 15.4 Å². The molecule has 0 spiro atoms. The molecule has 0 aromatic heterocycles. The highest BCUT2D eigenvalue weighted by atomic mass is 16.5. The van der Waals surface area contributed by atoms with E-state index < -0.39 is 6.04 Å². The maximum Gasteiger partial charge on any atom is 0.328 e. The Morgan fingerprint density at radius 1 is 1.64 bits per heavy atom. The van der Waals surface area contributed by atoms with Crippen LogP contribution in [0.3, 0.4) is 0 Å². The fourth-order valence-electron chi connectivity index (χ4n) is 1.68. The number of ether oxygens (including phenoxy) is 1. The molecule has 2 atom stereocenters. The summed E-state index contributed by atoms with van der Waals surface area (Å²) in [6.45, 7) is 2.51. The number of hydrogen-bond acceptors (Lipinski definition) is 4. The van der Waals surface area contributed by atoms with Crippen LogP contribution >= 0.6 is 0 Å². The van der Waals surface area contributed by atoms with Gasteiger partial charge in [-0.1, -0.05) is 0 Å². The Labute approximate surface area is 84.0 Å². The summed E-state index contributed by atoms with van der Waals surface area (Å²) in [5.74, 6) is -0.480. The summed E-state index contributed by atoms with van der Waals surface area (Å²) in [6.07, 6.45) is 0.498. The lowest BCUT2D eigenvalue weighted by Gasteiger charge is -2.21. The van der Waals surface area contributed by atoms with Gasteiger partial charge in [-0.3, -0.25) is 4.79 Å². The Hall–Kier alpha value is -1.04. The lowest BCUT2D eigenvalue weighted by Crippen LogP contribution is -2.41. The number of hydrogen-bond donors (Lipinski definition) is 1. The number of nitrogens with two attached hydrogens (primary N) is 1. The van der Waals surface area contributed by atoms with E-state index in [1.54, 1.807) is 6.92 Å². The summed E-state index contributed by atoms with van der Waals surface area (Å²) in [5, 5.41) is 0. The Morgan fingerprint density at radius 3 is 2.79 bits per heavy atom. The van der Waals surface area contributed by atoms with Gasteiger partial charge in [0.15, 0.2) is 5.81 Å². The van der Waals surface area contributed by atoms with Crippen molar-refractivity contribution in [2.75, 3.05) is 13.2 Å². The van der Waals surface area contributed by atoms with Crippen LogP contribution in [-0.2, 0) is 9.53 Å². The molecule has 6 heteroatoms. The maximum absolute atomic E-state index is 11.4. The standard InChI is InChI=1S/C8H15BN2O3/c1-2-14-7(12)6-3-5(10)4-11(6)8(9)13/h5-6H,2-4,9-10H2,1H3/t5-,6+/m1/s1. The third-order valence-electron chi connectivity index (χ3n) is 2.30. The predicted molar refractivity (Wildman–Crippen MR) is 53.7 cm³/mol. The molecule has 0 saturated carbocycles. The normalized spacial score (nSPS) is 26.3. The van der Waals surface area contributed by atoms with Gasteiger partial charge in [0.05, 0.1) is 6.61 Å². The van der Waals surface area contributed by atoms with Crippen LogP contribution in [0.1, 0.15) is 13.3 Å². The van der Waals surface area contributed by atoms with Gasteiger partial charge in [-0.25, -0.2) is 4.79 Å². The highest BCUT2D eigenvalue weighted by molar-refractivity contribution is 6.57. The second-order valence-corrected chi connectivity index (χ2v) is 3.44. The minimum atomic E-state index is -0.484. The molecule has 0 unspecified atom stereocenters. The average molecular weight is 198 g/mol. The molecule has 1 saturated heterocycles. The first-order valence-corrected chi connectivity index (χ1v) is 4.75. The van der Waals surface area contributed by atoms with Crippen LogP contribution in [0.5, 0.6) is 0 Å². The van der Waals surface area contributed by atoms with Crippen molar-refractivity contribution in [3.63, 3.8) is 0 Å². The van der Waals surface area contributed by atoms with Crippen molar-refractivity contribution < 1.29 is 14.3 Å². The van der Waals surface area contributed by atoms with Crippen LogP contribution in [0, 0.1) is 0 Å². The molecule has 0 radical (unpaired) electrons. The van der Waals surface area contributed by atoms with Gasteiger partial charge in [0.25, 0.3) is 0 Å². The van der Waals surface area contributed by atoms with Crippen molar-refractivity contribution in [2.24, 2.45) is 5.73 Å².